The van der Waals surface area contributed by atoms with Crippen LogP contribution in [0.4, 0.5) is 0 Å². The molecule has 0 aromatic carbocycles. The van der Waals surface area contributed by atoms with Crippen molar-refractivity contribution in [3.8, 4) is 0 Å². The van der Waals surface area contributed by atoms with Gasteiger partial charge in [0.25, 0.3) is 0 Å². The van der Waals surface area contributed by atoms with E-state index in [0.29, 0.717) is 29.3 Å². The van der Waals surface area contributed by atoms with Crippen LogP contribution in [0, 0.1) is 34.5 Å². The minimum atomic E-state index is -0.348. The Balaban J connectivity index is 1.38. The van der Waals surface area contributed by atoms with Gasteiger partial charge in [-0.25, -0.2) is 0 Å². The molecule has 1 unspecified atom stereocenters. The molecule has 0 aromatic heterocycles. The van der Waals surface area contributed by atoms with Crippen LogP contribution < -0.4 is 0 Å². The number of allylic oxidation sites excluding steroid dienone is 3. The van der Waals surface area contributed by atoms with Crippen molar-refractivity contribution in [2.75, 3.05) is 0 Å². The number of hydrogen-bond acceptors (Lipinski definition) is 3. The maximum Gasteiger partial charge on any atom is 0.130 e. The third-order valence-electron chi connectivity index (χ3n) is 10.8. The Kier molecular flexibility index (Phi) is 6.82. The molecule has 8 atom stereocenters. The SMILES string of the molecule is CCCC(OC1=CCCCCC1)[C@H]1CC[C@H]2[C@@H]3CCC4=C[C@@H](O)CC[C@]4(C=O)[C@H]3CC[C@]12C. The van der Waals surface area contributed by atoms with Crippen molar-refractivity contribution in [1.82, 2.24) is 0 Å². The molecular formula is C30H46O3. The quantitative estimate of drug-likeness (QED) is 0.343. The third-order valence-corrected chi connectivity index (χ3v) is 10.8. The Bertz CT molecular complexity index is 783. The van der Waals surface area contributed by atoms with E-state index < -0.39 is 0 Å². The highest BCUT2D eigenvalue weighted by Gasteiger charge is 2.61. The van der Waals surface area contributed by atoms with Crippen LogP contribution in [0.25, 0.3) is 0 Å². The van der Waals surface area contributed by atoms with Crippen LogP contribution in [0.15, 0.2) is 23.5 Å². The fourth-order valence-electron chi connectivity index (χ4n) is 9.20. The number of carbonyl (C=O) groups excluding carboxylic acids is 1. The summed E-state index contributed by atoms with van der Waals surface area (Å²) in [5.74, 6) is 3.78. The van der Waals surface area contributed by atoms with Gasteiger partial charge in [-0.15, -0.1) is 0 Å². The molecule has 184 valence electrons. The van der Waals surface area contributed by atoms with E-state index in [1.54, 1.807) is 0 Å². The molecule has 5 rings (SSSR count). The lowest BCUT2D eigenvalue weighted by atomic mass is 9.46. The summed E-state index contributed by atoms with van der Waals surface area (Å²) in [7, 11) is 0. The van der Waals surface area contributed by atoms with E-state index in [1.807, 2.05) is 6.08 Å². The molecule has 5 aliphatic rings. The van der Waals surface area contributed by atoms with Gasteiger partial charge in [0.05, 0.1) is 17.3 Å². The van der Waals surface area contributed by atoms with Gasteiger partial charge in [0, 0.05) is 12.3 Å². The monoisotopic (exact) mass is 454 g/mol. The van der Waals surface area contributed by atoms with Crippen molar-refractivity contribution in [1.29, 1.82) is 0 Å². The predicted octanol–water partition coefficient (Wildman–Crippen LogP) is 7.14. The zero-order valence-corrected chi connectivity index (χ0v) is 21.1. The highest BCUT2D eigenvalue weighted by Crippen LogP contribution is 2.67. The van der Waals surface area contributed by atoms with Crippen LogP contribution in [0.5, 0.6) is 0 Å². The highest BCUT2D eigenvalue weighted by atomic mass is 16.5. The first-order valence-corrected chi connectivity index (χ1v) is 14.2. The molecule has 0 amide bonds. The standard InChI is InChI=1S/C30H46O3/c1-3-8-28(33-23-9-6-4-5-7-10-23)27-14-13-25-24-12-11-21-19-22(32)15-18-30(21,20-31)26(24)16-17-29(25,27)2/h9,19-20,22,24-28,32H,3-8,10-18H2,1-2H3/t22-,24-,25-,26-,27+,28?,29-,30+/m0/s1. The molecule has 0 bridgehead atoms. The summed E-state index contributed by atoms with van der Waals surface area (Å²) in [5.41, 5.74) is 1.32. The first kappa shape index (κ1) is 23.6. The molecule has 0 aliphatic heterocycles. The van der Waals surface area contributed by atoms with Crippen LogP contribution in [0.3, 0.4) is 0 Å². The molecule has 0 spiro atoms. The molecule has 33 heavy (non-hydrogen) atoms. The largest absolute Gasteiger partial charge is 0.495 e. The van der Waals surface area contributed by atoms with Crippen LogP contribution in [0.2, 0.25) is 0 Å². The molecule has 0 saturated heterocycles. The van der Waals surface area contributed by atoms with E-state index in [1.165, 1.54) is 88.2 Å². The summed E-state index contributed by atoms with van der Waals surface area (Å²) in [6, 6.07) is 0. The van der Waals surface area contributed by atoms with Crippen molar-refractivity contribution < 1.29 is 14.6 Å². The summed E-state index contributed by atoms with van der Waals surface area (Å²) in [6.07, 6.45) is 23.1. The van der Waals surface area contributed by atoms with Crippen molar-refractivity contribution in [3.05, 3.63) is 23.5 Å². The van der Waals surface area contributed by atoms with E-state index in [9.17, 15) is 9.90 Å². The molecular weight excluding hydrogens is 408 g/mol. The fraction of sp³-hybridized carbons (Fsp3) is 0.833. The van der Waals surface area contributed by atoms with Gasteiger partial charge >= 0.3 is 0 Å². The topological polar surface area (TPSA) is 46.5 Å². The molecule has 0 aromatic rings. The second kappa shape index (κ2) is 9.51. The molecule has 1 N–H and O–H groups in total. The molecule has 3 nitrogen and oxygen atoms in total. The Morgan fingerprint density at radius 3 is 2.79 bits per heavy atom. The lowest BCUT2D eigenvalue weighted by molar-refractivity contribution is -0.129. The summed E-state index contributed by atoms with van der Waals surface area (Å²) >= 11 is 0. The molecule has 0 heterocycles. The summed E-state index contributed by atoms with van der Waals surface area (Å²) < 4.78 is 6.85. The number of aldehydes is 1. The van der Waals surface area contributed by atoms with Crippen LogP contribution in [0.1, 0.15) is 110 Å². The summed E-state index contributed by atoms with van der Waals surface area (Å²) in [6.45, 7) is 4.90. The van der Waals surface area contributed by atoms with Gasteiger partial charge in [0.2, 0.25) is 0 Å². The van der Waals surface area contributed by atoms with E-state index in [4.69, 9.17) is 4.74 Å². The van der Waals surface area contributed by atoms with Gasteiger partial charge in [-0.3, -0.25) is 0 Å². The van der Waals surface area contributed by atoms with E-state index >= 15 is 0 Å². The second-order valence-corrected chi connectivity index (χ2v) is 12.3. The van der Waals surface area contributed by atoms with Crippen LogP contribution >= 0.6 is 0 Å². The fourth-order valence-corrected chi connectivity index (χ4v) is 9.20. The van der Waals surface area contributed by atoms with Crippen molar-refractivity contribution in [2.45, 2.75) is 122 Å². The van der Waals surface area contributed by atoms with Crippen LogP contribution in [-0.4, -0.2) is 23.6 Å². The van der Waals surface area contributed by atoms with Gasteiger partial charge in [-0.2, -0.15) is 0 Å². The van der Waals surface area contributed by atoms with E-state index in [-0.39, 0.29) is 11.5 Å². The number of fused-ring (bicyclic) bond motifs is 5. The van der Waals surface area contributed by atoms with Crippen molar-refractivity contribution in [2.24, 2.45) is 34.5 Å². The first-order chi connectivity index (χ1) is 16.0. The van der Waals surface area contributed by atoms with Gasteiger partial charge in [0.15, 0.2) is 0 Å². The van der Waals surface area contributed by atoms with Crippen molar-refractivity contribution in [3.63, 3.8) is 0 Å². The van der Waals surface area contributed by atoms with Gasteiger partial charge in [-0.05, 0) is 106 Å². The maximum atomic E-state index is 12.6. The average Bonchev–Trinajstić information content (AvgIpc) is 2.97. The number of ether oxygens (including phenoxy) is 1. The first-order valence-electron chi connectivity index (χ1n) is 14.2. The third kappa shape index (κ3) is 4.05. The molecule has 0 radical (unpaired) electrons. The minimum Gasteiger partial charge on any atom is -0.495 e. The normalized spacial score (nSPS) is 43.8. The number of aliphatic hydroxyl groups is 1. The van der Waals surface area contributed by atoms with Gasteiger partial charge in [0.1, 0.15) is 12.4 Å². The zero-order chi connectivity index (χ0) is 23.1. The average molecular weight is 455 g/mol. The highest BCUT2D eigenvalue weighted by molar-refractivity contribution is 5.67. The lowest BCUT2D eigenvalue weighted by Gasteiger charge is -2.58. The Morgan fingerprint density at radius 2 is 1.97 bits per heavy atom. The van der Waals surface area contributed by atoms with Gasteiger partial charge < -0.3 is 14.6 Å². The summed E-state index contributed by atoms with van der Waals surface area (Å²) in [4.78, 5) is 12.6. The lowest BCUT2D eigenvalue weighted by Crippen LogP contribution is -2.53. The molecule has 3 heteroatoms. The Labute approximate surface area is 201 Å². The van der Waals surface area contributed by atoms with E-state index in [2.05, 4.69) is 19.9 Å². The second-order valence-electron chi connectivity index (χ2n) is 12.3. The molecule has 3 fully saturated rings. The minimum absolute atomic E-state index is 0.286. The number of hydrogen-bond donors (Lipinski definition) is 1. The number of rotatable bonds is 6. The van der Waals surface area contributed by atoms with E-state index in [0.717, 1.165) is 31.6 Å². The van der Waals surface area contributed by atoms with Crippen LogP contribution in [-0.2, 0) is 9.53 Å². The number of aliphatic hydroxyl groups excluding tert-OH is 1. The summed E-state index contributed by atoms with van der Waals surface area (Å²) in [5, 5.41) is 10.2. The predicted molar refractivity (Wildman–Crippen MR) is 133 cm³/mol. The van der Waals surface area contributed by atoms with Gasteiger partial charge in [-0.1, -0.05) is 38.3 Å². The van der Waals surface area contributed by atoms with Crippen molar-refractivity contribution >= 4 is 6.29 Å². The molecule has 3 saturated carbocycles. The Morgan fingerprint density at radius 1 is 1.09 bits per heavy atom. The Hall–Kier alpha value is -1.09. The zero-order valence-electron chi connectivity index (χ0n) is 21.1. The molecule has 5 aliphatic carbocycles. The number of carbonyl (C=O) groups is 1. The smallest absolute Gasteiger partial charge is 0.130 e. The maximum absolute atomic E-state index is 12.6.